The Hall–Kier alpha value is -1.36. The fourth-order valence-electron chi connectivity index (χ4n) is 4.00. The van der Waals surface area contributed by atoms with Gasteiger partial charge in [-0.25, -0.2) is 0 Å². The van der Waals surface area contributed by atoms with E-state index in [2.05, 4.69) is 66.7 Å². The lowest BCUT2D eigenvalue weighted by molar-refractivity contribution is -0.192. The van der Waals surface area contributed by atoms with Crippen molar-refractivity contribution in [2.24, 2.45) is 0 Å². The van der Waals surface area contributed by atoms with Gasteiger partial charge < -0.3 is 10.0 Å². The van der Waals surface area contributed by atoms with Crippen LogP contribution in [0.25, 0.3) is 0 Å². The van der Waals surface area contributed by atoms with E-state index >= 15 is 0 Å². The molecule has 164 valence electrons. The summed E-state index contributed by atoms with van der Waals surface area (Å²) in [6.45, 7) is 16.6. The molecule has 4 nitrogen and oxygen atoms in total. The summed E-state index contributed by atoms with van der Waals surface area (Å²) in [5.41, 5.74) is 4.40. The molecular weight excluding hydrogens is 358 g/mol. The molecule has 1 N–H and O–H groups in total. The molecule has 2 rings (SSSR count). The molecule has 0 amide bonds. The van der Waals surface area contributed by atoms with Gasteiger partial charge in [-0.3, -0.25) is 9.80 Å². The summed E-state index contributed by atoms with van der Waals surface area (Å²) >= 11 is 0. The molecule has 0 bridgehead atoms. The lowest BCUT2D eigenvalue weighted by Crippen LogP contribution is -2.61. The molecule has 0 aliphatic carbocycles. The Morgan fingerprint density at radius 2 is 1.52 bits per heavy atom. The van der Waals surface area contributed by atoms with Crippen LogP contribution in [0.4, 0.5) is 0 Å². The SMILES string of the molecule is CC(C)=CCC/C(C)=C/CC/C(C)=C/CN1CCN(C(C)(O)N2C=CCC2)CC1. The van der Waals surface area contributed by atoms with E-state index in [1.54, 1.807) is 0 Å². The molecule has 1 atom stereocenters. The highest BCUT2D eigenvalue weighted by Gasteiger charge is 2.36. The molecule has 1 fully saturated rings. The Labute approximate surface area is 179 Å². The third-order valence-electron chi connectivity index (χ3n) is 6.16. The zero-order valence-corrected chi connectivity index (χ0v) is 19.5. The molecule has 0 radical (unpaired) electrons. The van der Waals surface area contributed by atoms with E-state index in [-0.39, 0.29) is 0 Å². The minimum absolute atomic E-state index is 0.860. The van der Waals surface area contributed by atoms with E-state index in [1.807, 2.05) is 13.1 Å². The van der Waals surface area contributed by atoms with E-state index in [4.69, 9.17) is 0 Å². The number of hydrogen-bond acceptors (Lipinski definition) is 4. The Balaban J connectivity index is 1.67. The molecule has 0 aromatic rings. The second kappa shape index (κ2) is 11.7. The van der Waals surface area contributed by atoms with Gasteiger partial charge in [0.25, 0.3) is 0 Å². The summed E-state index contributed by atoms with van der Waals surface area (Å²) in [5, 5.41) is 10.9. The van der Waals surface area contributed by atoms with Crippen LogP contribution >= 0.6 is 0 Å². The first-order valence-corrected chi connectivity index (χ1v) is 11.4. The van der Waals surface area contributed by atoms with Crippen molar-refractivity contribution < 1.29 is 5.11 Å². The van der Waals surface area contributed by atoms with E-state index < -0.39 is 5.85 Å². The maximum absolute atomic E-state index is 10.9. The van der Waals surface area contributed by atoms with Crippen molar-refractivity contribution in [1.29, 1.82) is 0 Å². The van der Waals surface area contributed by atoms with Crippen LogP contribution in [0, 0.1) is 0 Å². The second-order valence-corrected chi connectivity index (χ2v) is 9.09. The molecule has 4 heteroatoms. The number of hydrogen-bond donors (Lipinski definition) is 1. The van der Waals surface area contributed by atoms with Crippen LogP contribution in [-0.2, 0) is 0 Å². The van der Waals surface area contributed by atoms with E-state index in [0.717, 1.165) is 65.0 Å². The molecule has 0 spiro atoms. The van der Waals surface area contributed by atoms with Gasteiger partial charge in [-0.2, -0.15) is 0 Å². The van der Waals surface area contributed by atoms with Crippen molar-refractivity contribution in [2.45, 2.75) is 72.6 Å². The van der Waals surface area contributed by atoms with Crippen molar-refractivity contribution in [3.8, 4) is 0 Å². The summed E-state index contributed by atoms with van der Waals surface area (Å²) in [6, 6.07) is 0. The Morgan fingerprint density at radius 1 is 0.897 bits per heavy atom. The molecule has 1 unspecified atom stereocenters. The minimum Gasteiger partial charge on any atom is -0.358 e. The molecule has 1 saturated heterocycles. The highest BCUT2D eigenvalue weighted by atomic mass is 16.3. The van der Waals surface area contributed by atoms with Crippen molar-refractivity contribution in [3.63, 3.8) is 0 Å². The third kappa shape index (κ3) is 8.12. The number of aliphatic hydroxyl groups is 1. The highest BCUT2D eigenvalue weighted by molar-refractivity contribution is 5.06. The average Bonchev–Trinajstić information content (AvgIpc) is 3.22. The van der Waals surface area contributed by atoms with Gasteiger partial charge in [-0.1, -0.05) is 41.0 Å². The highest BCUT2D eigenvalue weighted by Crippen LogP contribution is 2.23. The summed E-state index contributed by atoms with van der Waals surface area (Å²) in [7, 11) is 0. The summed E-state index contributed by atoms with van der Waals surface area (Å²) in [6.07, 6.45) is 17.0. The number of piperazine rings is 1. The van der Waals surface area contributed by atoms with Gasteiger partial charge in [-0.05, 0) is 72.9 Å². The quantitative estimate of drug-likeness (QED) is 0.527. The van der Waals surface area contributed by atoms with E-state index in [0.29, 0.717) is 0 Å². The maximum atomic E-state index is 10.9. The molecule has 2 aliphatic rings. The largest absolute Gasteiger partial charge is 0.358 e. The van der Waals surface area contributed by atoms with Gasteiger partial charge in [0.2, 0.25) is 0 Å². The molecule has 0 saturated carbocycles. The second-order valence-electron chi connectivity index (χ2n) is 9.09. The summed E-state index contributed by atoms with van der Waals surface area (Å²) < 4.78 is 0. The fraction of sp³-hybridized carbons (Fsp3) is 0.680. The first-order chi connectivity index (χ1) is 13.8. The van der Waals surface area contributed by atoms with Crippen LogP contribution in [0.1, 0.15) is 66.7 Å². The smallest absolute Gasteiger partial charge is 0.194 e. The van der Waals surface area contributed by atoms with Gasteiger partial charge >= 0.3 is 0 Å². The van der Waals surface area contributed by atoms with Crippen LogP contribution in [0.3, 0.4) is 0 Å². The summed E-state index contributed by atoms with van der Waals surface area (Å²) in [5.74, 6) is -0.860. The van der Waals surface area contributed by atoms with Crippen LogP contribution in [0.5, 0.6) is 0 Å². The van der Waals surface area contributed by atoms with E-state index in [1.165, 1.54) is 23.1 Å². The van der Waals surface area contributed by atoms with Crippen molar-refractivity contribution in [1.82, 2.24) is 14.7 Å². The van der Waals surface area contributed by atoms with Crippen molar-refractivity contribution in [2.75, 3.05) is 39.3 Å². The molecule has 0 aromatic carbocycles. The molecule has 2 heterocycles. The number of nitrogens with zero attached hydrogens (tertiary/aromatic N) is 3. The van der Waals surface area contributed by atoms with Crippen LogP contribution in [-0.4, -0.2) is 64.9 Å². The predicted octanol–water partition coefficient (Wildman–Crippen LogP) is 4.91. The molecule has 0 aromatic heterocycles. The minimum atomic E-state index is -0.860. The van der Waals surface area contributed by atoms with E-state index in [9.17, 15) is 5.11 Å². The van der Waals surface area contributed by atoms with Gasteiger partial charge in [0.05, 0.1) is 0 Å². The average molecular weight is 402 g/mol. The van der Waals surface area contributed by atoms with Gasteiger partial charge in [-0.15, -0.1) is 0 Å². The number of rotatable bonds is 10. The third-order valence-corrected chi connectivity index (χ3v) is 6.16. The van der Waals surface area contributed by atoms with Crippen molar-refractivity contribution >= 4 is 0 Å². The maximum Gasteiger partial charge on any atom is 0.194 e. The zero-order chi connectivity index (χ0) is 21.3. The molecular formula is C25H43N3O. The van der Waals surface area contributed by atoms with Crippen LogP contribution < -0.4 is 0 Å². The van der Waals surface area contributed by atoms with Gasteiger partial charge in [0.1, 0.15) is 0 Å². The first-order valence-electron chi connectivity index (χ1n) is 11.4. The van der Waals surface area contributed by atoms with Crippen LogP contribution in [0.15, 0.2) is 47.2 Å². The van der Waals surface area contributed by atoms with Gasteiger partial charge in [0.15, 0.2) is 5.85 Å². The normalized spacial score (nSPS) is 21.5. The van der Waals surface area contributed by atoms with Crippen molar-refractivity contribution in [3.05, 3.63) is 47.2 Å². The lowest BCUT2D eigenvalue weighted by atomic mass is 10.1. The standard InChI is InChI=1S/C25H43N3O/c1-22(2)10-8-11-23(3)12-9-13-24(4)14-17-26-18-20-28(21-19-26)25(5,29)27-15-6-7-16-27/h6,10,12,14-15,29H,7-9,11,13,16-21H2,1-5H3/b23-12+,24-14+. The van der Waals surface area contributed by atoms with Gasteiger partial charge in [0, 0.05) is 39.3 Å². The summed E-state index contributed by atoms with van der Waals surface area (Å²) in [4.78, 5) is 6.76. The Morgan fingerprint density at radius 3 is 2.10 bits per heavy atom. The molecule has 2 aliphatic heterocycles. The lowest BCUT2D eigenvalue weighted by Gasteiger charge is -2.46. The topological polar surface area (TPSA) is 30.0 Å². The Kier molecular flexibility index (Phi) is 9.67. The predicted molar refractivity (Wildman–Crippen MR) is 125 cm³/mol. The number of allylic oxidation sites excluding steroid dienone is 5. The fourth-order valence-corrected chi connectivity index (χ4v) is 4.00. The monoisotopic (exact) mass is 401 g/mol. The van der Waals surface area contributed by atoms with Crippen LogP contribution in [0.2, 0.25) is 0 Å². The molecule has 29 heavy (non-hydrogen) atoms. The Bertz CT molecular complexity index is 618. The first kappa shape index (κ1) is 23.9. The zero-order valence-electron chi connectivity index (χ0n) is 19.5.